The number of aliphatic imine (C=N–C) groups is 1. The molecule has 0 aliphatic carbocycles. The molecule has 0 aliphatic rings. The number of guanidine groups is 1. The van der Waals surface area contributed by atoms with E-state index in [-0.39, 0.29) is 12.3 Å². The monoisotopic (exact) mass is 403 g/mol. The lowest BCUT2D eigenvalue weighted by molar-refractivity contribution is -0.274. The number of benzene rings is 2. The molecule has 0 bridgehead atoms. The summed E-state index contributed by atoms with van der Waals surface area (Å²) >= 11 is 0. The van der Waals surface area contributed by atoms with Crippen LogP contribution in [-0.2, 0) is 13.1 Å². The second-order valence-electron chi connectivity index (χ2n) is 6.02. The van der Waals surface area contributed by atoms with Crippen LogP contribution in [0.4, 0.5) is 13.2 Å². The topological polar surface area (TPSA) is 63.5 Å². The van der Waals surface area contributed by atoms with Crippen LogP contribution < -0.4 is 15.4 Å². The highest BCUT2D eigenvalue weighted by atomic mass is 19.4. The molecule has 0 saturated carbocycles. The zero-order chi connectivity index (χ0) is 20.7. The molecule has 0 radical (unpaired) electrons. The molecule has 3 aromatic rings. The average Bonchev–Trinajstić information content (AvgIpc) is 3.18. The van der Waals surface area contributed by atoms with E-state index in [4.69, 9.17) is 0 Å². The molecular formula is C20H20F3N5O. The Hall–Kier alpha value is -3.49. The van der Waals surface area contributed by atoms with Crippen molar-refractivity contribution in [3.8, 4) is 11.4 Å². The second kappa shape index (κ2) is 9.13. The minimum atomic E-state index is -4.74. The van der Waals surface area contributed by atoms with Crippen molar-refractivity contribution in [1.82, 2.24) is 20.4 Å². The van der Waals surface area contributed by atoms with E-state index in [9.17, 15) is 13.2 Å². The van der Waals surface area contributed by atoms with Gasteiger partial charge in [0, 0.05) is 25.4 Å². The second-order valence-corrected chi connectivity index (χ2v) is 6.02. The number of hydrogen-bond donors (Lipinski definition) is 2. The summed E-state index contributed by atoms with van der Waals surface area (Å²) in [6, 6.07) is 17.5. The molecule has 3 rings (SSSR count). The van der Waals surface area contributed by atoms with Gasteiger partial charge in [0.05, 0.1) is 17.9 Å². The first kappa shape index (κ1) is 20.2. The number of aromatic nitrogens is 2. The molecule has 6 nitrogen and oxygen atoms in total. The molecule has 29 heavy (non-hydrogen) atoms. The maximum absolute atomic E-state index is 12.5. The Morgan fingerprint density at radius 1 is 1.00 bits per heavy atom. The third-order valence-electron chi connectivity index (χ3n) is 3.97. The van der Waals surface area contributed by atoms with Crippen molar-refractivity contribution in [3.63, 3.8) is 0 Å². The summed E-state index contributed by atoms with van der Waals surface area (Å²) in [6.45, 7) is 0.518. The Labute approximate surface area is 166 Å². The van der Waals surface area contributed by atoms with E-state index >= 15 is 0 Å². The van der Waals surface area contributed by atoms with Gasteiger partial charge in [0.25, 0.3) is 0 Å². The van der Waals surface area contributed by atoms with Crippen molar-refractivity contribution in [1.29, 1.82) is 0 Å². The molecule has 0 unspecified atom stereocenters. The van der Waals surface area contributed by atoms with Gasteiger partial charge in [-0.1, -0.05) is 36.4 Å². The summed E-state index contributed by atoms with van der Waals surface area (Å²) in [4.78, 5) is 4.08. The summed E-state index contributed by atoms with van der Waals surface area (Å²) < 4.78 is 43.4. The van der Waals surface area contributed by atoms with Gasteiger partial charge >= 0.3 is 6.36 Å². The summed E-state index contributed by atoms with van der Waals surface area (Å²) in [5.74, 6) is 0.186. The van der Waals surface area contributed by atoms with Crippen LogP contribution in [0.25, 0.3) is 5.69 Å². The summed E-state index contributed by atoms with van der Waals surface area (Å²) in [7, 11) is 1.58. The molecule has 0 aliphatic heterocycles. The molecule has 0 fully saturated rings. The fourth-order valence-corrected chi connectivity index (χ4v) is 2.63. The predicted molar refractivity (Wildman–Crippen MR) is 104 cm³/mol. The van der Waals surface area contributed by atoms with Crippen LogP contribution >= 0.6 is 0 Å². The van der Waals surface area contributed by atoms with Crippen LogP contribution in [0.3, 0.4) is 0 Å². The Morgan fingerprint density at radius 2 is 1.69 bits per heavy atom. The van der Waals surface area contributed by atoms with Gasteiger partial charge < -0.3 is 15.4 Å². The van der Waals surface area contributed by atoms with Crippen LogP contribution in [0.5, 0.6) is 5.75 Å². The maximum Gasteiger partial charge on any atom is 0.573 e. The molecule has 0 spiro atoms. The third kappa shape index (κ3) is 6.00. The van der Waals surface area contributed by atoms with Gasteiger partial charge in [0.2, 0.25) is 0 Å². The zero-order valence-electron chi connectivity index (χ0n) is 15.6. The van der Waals surface area contributed by atoms with E-state index in [1.54, 1.807) is 23.9 Å². The van der Waals surface area contributed by atoms with Crippen LogP contribution in [0, 0.1) is 0 Å². The van der Waals surface area contributed by atoms with Crippen LogP contribution in [0.15, 0.2) is 71.9 Å². The molecule has 1 aromatic heterocycles. The highest BCUT2D eigenvalue weighted by molar-refractivity contribution is 5.79. The van der Waals surface area contributed by atoms with E-state index in [0.29, 0.717) is 18.1 Å². The molecule has 152 valence electrons. The molecule has 0 atom stereocenters. The van der Waals surface area contributed by atoms with E-state index in [2.05, 4.69) is 25.5 Å². The Bertz CT molecular complexity index is 954. The molecule has 2 N–H and O–H groups in total. The fourth-order valence-electron chi connectivity index (χ4n) is 2.63. The zero-order valence-corrected chi connectivity index (χ0v) is 15.6. The van der Waals surface area contributed by atoms with Crippen molar-refractivity contribution in [2.45, 2.75) is 19.5 Å². The minimum absolute atomic E-state index is 0.115. The van der Waals surface area contributed by atoms with Crippen molar-refractivity contribution in [2.24, 2.45) is 4.99 Å². The molecule has 1 heterocycles. The van der Waals surface area contributed by atoms with Crippen LogP contribution in [-0.4, -0.2) is 29.2 Å². The number of ether oxygens (including phenoxy) is 1. The molecule has 2 aromatic carbocycles. The van der Waals surface area contributed by atoms with Gasteiger partial charge in [-0.3, -0.25) is 4.99 Å². The van der Waals surface area contributed by atoms with E-state index in [0.717, 1.165) is 11.4 Å². The predicted octanol–water partition coefficient (Wildman–Crippen LogP) is 3.64. The molecular weight excluding hydrogens is 383 g/mol. The van der Waals surface area contributed by atoms with Gasteiger partial charge in [0.1, 0.15) is 5.75 Å². The lowest BCUT2D eigenvalue weighted by atomic mass is 10.2. The van der Waals surface area contributed by atoms with E-state index < -0.39 is 6.36 Å². The highest BCUT2D eigenvalue weighted by Gasteiger charge is 2.31. The Kier molecular flexibility index (Phi) is 6.38. The molecule has 9 heteroatoms. The smallest absolute Gasteiger partial charge is 0.405 e. The van der Waals surface area contributed by atoms with Gasteiger partial charge in [-0.2, -0.15) is 5.10 Å². The van der Waals surface area contributed by atoms with Crippen LogP contribution in [0.2, 0.25) is 0 Å². The quantitative estimate of drug-likeness (QED) is 0.487. The number of hydrogen-bond acceptors (Lipinski definition) is 3. The normalized spacial score (nSPS) is 11.9. The summed E-state index contributed by atoms with van der Waals surface area (Å²) in [5, 5.41) is 10.6. The first-order valence-electron chi connectivity index (χ1n) is 8.83. The number of halogens is 3. The lowest BCUT2D eigenvalue weighted by Gasteiger charge is -2.15. The Balaban J connectivity index is 1.57. The number of alkyl halides is 3. The first-order chi connectivity index (χ1) is 13.9. The van der Waals surface area contributed by atoms with E-state index in [1.807, 2.05) is 42.6 Å². The number of nitrogens with one attached hydrogen (secondary N) is 2. The third-order valence-corrected chi connectivity index (χ3v) is 3.97. The summed E-state index contributed by atoms with van der Waals surface area (Å²) in [6.07, 6.45) is -2.89. The van der Waals surface area contributed by atoms with Gasteiger partial charge in [-0.25, -0.2) is 4.68 Å². The first-order valence-corrected chi connectivity index (χ1v) is 8.83. The number of nitrogens with zero attached hydrogens (tertiary/aromatic N) is 3. The Morgan fingerprint density at radius 3 is 2.41 bits per heavy atom. The number of para-hydroxylation sites is 2. The van der Waals surface area contributed by atoms with Crippen LogP contribution in [0.1, 0.15) is 11.3 Å². The van der Waals surface area contributed by atoms with E-state index in [1.165, 1.54) is 12.1 Å². The summed E-state index contributed by atoms with van der Waals surface area (Å²) in [5.41, 5.74) is 2.10. The van der Waals surface area contributed by atoms with Crippen molar-refractivity contribution in [2.75, 3.05) is 7.05 Å². The molecule has 0 amide bonds. The van der Waals surface area contributed by atoms with Crippen molar-refractivity contribution < 1.29 is 17.9 Å². The van der Waals surface area contributed by atoms with Gasteiger partial charge in [-0.15, -0.1) is 13.2 Å². The fraction of sp³-hybridized carbons (Fsp3) is 0.200. The largest absolute Gasteiger partial charge is 0.573 e. The standard InChI is InChI=1S/C20H20F3N5O/c1-24-19(25-13-15-7-5-6-10-18(15)29-20(21,22)23)26-14-16-11-12-28(27-16)17-8-3-2-4-9-17/h2-12H,13-14H2,1H3,(H2,24,25,26). The van der Waals surface area contributed by atoms with Crippen molar-refractivity contribution in [3.05, 3.63) is 78.1 Å². The minimum Gasteiger partial charge on any atom is -0.405 e. The number of rotatable bonds is 6. The highest BCUT2D eigenvalue weighted by Crippen LogP contribution is 2.26. The van der Waals surface area contributed by atoms with Gasteiger partial charge in [-0.05, 0) is 24.3 Å². The lowest BCUT2D eigenvalue weighted by Crippen LogP contribution is -2.36. The SMILES string of the molecule is CN=C(NCc1ccn(-c2ccccc2)n1)NCc1ccccc1OC(F)(F)F. The van der Waals surface area contributed by atoms with Crippen molar-refractivity contribution >= 4 is 5.96 Å². The molecule has 0 saturated heterocycles. The maximum atomic E-state index is 12.5. The average molecular weight is 403 g/mol. The van der Waals surface area contributed by atoms with Gasteiger partial charge in [0.15, 0.2) is 5.96 Å².